The first-order valence-electron chi connectivity index (χ1n) is 18.9. The summed E-state index contributed by atoms with van der Waals surface area (Å²) in [6.07, 6.45) is -6.30. The van der Waals surface area contributed by atoms with Crippen molar-refractivity contribution >= 4 is 11.9 Å². The molecule has 3 aromatic carbocycles. The molecule has 0 aromatic heterocycles. The highest BCUT2D eigenvalue weighted by Gasteiger charge is 2.77. The van der Waals surface area contributed by atoms with Crippen LogP contribution >= 0.6 is 0 Å². The Kier molecular flexibility index (Phi) is 11.4. The van der Waals surface area contributed by atoms with E-state index in [4.69, 9.17) is 28.4 Å². The van der Waals surface area contributed by atoms with E-state index in [1.165, 1.54) is 21.1 Å². The molecule has 322 valence electrons. The van der Waals surface area contributed by atoms with Gasteiger partial charge in [-0.15, -0.1) is 0 Å². The molecule has 0 radical (unpaired) electrons. The third-order valence-corrected chi connectivity index (χ3v) is 11.7. The SMILES string of the molecule is COCOc1c(OC)c(C)cc2c1[C@H]1C3Cc4c(OC(=O)C(F)(F)C(F)(F)C(F)(F)F)c(C)c5c(c4[C@H](CNC(=O)CCc4ccccc4)N3[C@@H](C#N)[C@@H](C2)N1C)OCO5. The Morgan fingerprint density at radius 3 is 2.30 bits per heavy atom. The van der Waals surface area contributed by atoms with Gasteiger partial charge in [0.1, 0.15) is 11.8 Å². The number of likely N-dealkylation sites (N-methyl/N-ethyl adjacent to an activating group) is 1. The summed E-state index contributed by atoms with van der Waals surface area (Å²) < 4.78 is 132. The number of ether oxygens (including phenoxy) is 6. The van der Waals surface area contributed by atoms with Crippen LogP contribution in [0.15, 0.2) is 36.4 Å². The van der Waals surface area contributed by atoms with Crippen LogP contribution in [0, 0.1) is 25.2 Å². The van der Waals surface area contributed by atoms with Gasteiger partial charge < -0.3 is 33.7 Å². The number of alkyl halides is 7. The number of nitriles is 1. The van der Waals surface area contributed by atoms with Crippen molar-refractivity contribution < 1.29 is 68.7 Å². The fourth-order valence-electron chi connectivity index (χ4n) is 9.07. The zero-order valence-corrected chi connectivity index (χ0v) is 33.1. The number of hydrogen-bond acceptors (Lipinski definition) is 11. The Hall–Kier alpha value is -5.32. The van der Waals surface area contributed by atoms with E-state index in [-0.39, 0.29) is 54.4 Å². The number of esters is 1. The fourth-order valence-corrected chi connectivity index (χ4v) is 9.07. The number of carbonyl (C=O) groups excluding carboxylic acids is 2. The number of aryl methyl sites for hydroxylation is 2. The summed E-state index contributed by atoms with van der Waals surface area (Å²) in [4.78, 5) is 30.3. The number of nitrogens with zero attached hydrogens (tertiary/aromatic N) is 3. The predicted molar refractivity (Wildman–Crippen MR) is 196 cm³/mol. The molecular weight excluding hydrogens is 809 g/mol. The number of carbonyl (C=O) groups is 2. The predicted octanol–water partition coefficient (Wildman–Crippen LogP) is 6.28. The topological polar surface area (TPSA) is 132 Å². The molecule has 1 fully saturated rings. The average molecular weight is 851 g/mol. The molecule has 5 atom stereocenters. The van der Waals surface area contributed by atoms with Gasteiger partial charge in [-0.25, -0.2) is 4.79 Å². The van der Waals surface area contributed by atoms with Crippen LogP contribution in [-0.2, 0) is 33.6 Å². The molecule has 7 rings (SSSR count). The van der Waals surface area contributed by atoms with Gasteiger partial charge in [-0.2, -0.15) is 36.0 Å². The smallest absolute Gasteiger partial charge is 0.460 e. The number of fused-ring (bicyclic) bond motifs is 9. The molecule has 3 aromatic rings. The lowest BCUT2D eigenvalue weighted by Crippen LogP contribution is -2.68. The Morgan fingerprint density at radius 1 is 0.950 bits per heavy atom. The van der Waals surface area contributed by atoms with Crippen molar-refractivity contribution in [1.82, 2.24) is 15.1 Å². The summed E-state index contributed by atoms with van der Waals surface area (Å²) in [7, 11) is 4.67. The van der Waals surface area contributed by atoms with E-state index in [2.05, 4.69) is 11.4 Å². The van der Waals surface area contributed by atoms with Crippen molar-refractivity contribution in [2.75, 3.05) is 41.4 Å². The normalized spacial score (nSPS) is 22.2. The van der Waals surface area contributed by atoms with Crippen LogP contribution in [-0.4, -0.2) is 99.2 Å². The number of piperazine rings is 1. The maximum Gasteiger partial charge on any atom is 0.460 e. The molecule has 1 N–H and O–H groups in total. The first kappa shape index (κ1) is 42.8. The minimum Gasteiger partial charge on any atom is -0.493 e. The monoisotopic (exact) mass is 850 g/mol. The molecule has 4 aliphatic heterocycles. The van der Waals surface area contributed by atoms with Crippen molar-refractivity contribution in [3.8, 4) is 34.8 Å². The standard InChI is InChI=1S/C41H41F7N4O8/c1-20-13-23-14-25-27(16-49)52-26(32(51(25)3)30(23)36(33(20)56-5)57-18-55-4)15-24-31(28(52)17-50-29(53)12-11-22-9-7-6-8-10-22)37-35(58-19-59-37)21(2)34(24)60-38(54)39(42,43)40(44,45)41(46,47)48/h6-10,13,25-28,32H,11-12,14-15,17-19H2,1-5H3,(H,50,53)/t25-,26?,27+,28+,32-/m1/s1. The first-order valence-corrected chi connectivity index (χ1v) is 18.9. The lowest BCUT2D eigenvalue weighted by molar-refractivity contribution is -0.346. The Labute approximate surface area is 340 Å². The van der Waals surface area contributed by atoms with Gasteiger partial charge in [0.15, 0.2) is 29.8 Å². The maximum absolute atomic E-state index is 15.0. The molecule has 4 aliphatic rings. The van der Waals surface area contributed by atoms with Gasteiger partial charge in [-0.3, -0.25) is 14.6 Å². The number of hydrogen-bond donors (Lipinski definition) is 1. The summed E-state index contributed by atoms with van der Waals surface area (Å²) in [5.41, 5.74) is 2.89. The Morgan fingerprint density at radius 2 is 1.65 bits per heavy atom. The summed E-state index contributed by atoms with van der Waals surface area (Å²) in [5, 5.41) is 13.9. The average Bonchev–Trinajstić information content (AvgIpc) is 3.70. The van der Waals surface area contributed by atoms with Gasteiger partial charge in [-0.05, 0) is 56.8 Å². The third kappa shape index (κ3) is 6.91. The van der Waals surface area contributed by atoms with Gasteiger partial charge >= 0.3 is 24.0 Å². The third-order valence-electron chi connectivity index (χ3n) is 11.7. The molecule has 19 heteroatoms. The van der Waals surface area contributed by atoms with Crippen LogP contribution in [0.1, 0.15) is 57.4 Å². The highest BCUT2D eigenvalue weighted by molar-refractivity contribution is 5.83. The highest BCUT2D eigenvalue weighted by Crippen LogP contribution is 2.59. The zero-order valence-electron chi connectivity index (χ0n) is 33.1. The fraction of sp³-hybridized carbons (Fsp3) is 0.488. The molecule has 0 aliphatic carbocycles. The van der Waals surface area contributed by atoms with Gasteiger partial charge in [0.25, 0.3) is 0 Å². The van der Waals surface area contributed by atoms with Gasteiger partial charge in [0.05, 0.1) is 25.3 Å². The van der Waals surface area contributed by atoms with Crippen molar-refractivity contribution in [2.45, 2.75) is 87.8 Å². The van der Waals surface area contributed by atoms with Crippen LogP contribution in [0.2, 0.25) is 0 Å². The van der Waals surface area contributed by atoms with Crippen molar-refractivity contribution in [2.24, 2.45) is 0 Å². The van der Waals surface area contributed by atoms with Gasteiger partial charge in [-0.1, -0.05) is 36.4 Å². The van der Waals surface area contributed by atoms with Crippen LogP contribution in [0.4, 0.5) is 30.7 Å². The van der Waals surface area contributed by atoms with Crippen molar-refractivity contribution in [1.29, 1.82) is 5.26 Å². The number of benzene rings is 3. The molecular formula is C41H41F7N4O8. The minimum atomic E-state index is -6.81. The molecule has 1 saturated heterocycles. The van der Waals surface area contributed by atoms with Crippen molar-refractivity contribution in [3.05, 3.63) is 75.3 Å². The zero-order chi connectivity index (χ0) is 43.5. The number of nitrogens with one attached hydrogen (secondary N) is 1. The second-order valence-electron chi connectivity index (χ2n) is 15.1. The van der Waals surface area contributed by atoms with Gasteiger partial charge in [0.2, 0.25) is 12.7 Å². The minimum absolute atomic E-state index is 0.0410. The van der Waals surface area contributed by atoms with E-state index in [1.807, 2.05) is 53.1 Å². The maximum atomic E-state index is 15.0. The molecule has 2 bridgehead atoms. The van der Waals surface area contributed by atoms with Gasteiger partial charge in [0, 0.05) is 54.4 Å². The molecule has 60 heavy (non-hydrogen) atoms. The molecule has 0 saturated carbocycles. The van der Waals surface area contributed by atoms with Crippen molar-refractivity contribution in [3.63, 3.8) is 0 Å². The highest BCUT2D eigenvalue weighted by atomic mass is 19.4. The second kappa shape index (κ2) is 15.9. The Balaban J connectivity index is 1.41. The second-order valence-corrected chi connectivity index (χ2v) is 15.1. The number of amides is 1. The quantitative estimate of drug-likeness (QED) is 0.0957. The molecule has 0 spiro atoms. The lowest BCUT2D eigenvalue weighted by atomic mass is 9.71. The van der Waals surface area contributed by atoms with Crippen LogP contribution in [0.3, 0.4) is 0 Å². The largest absolute Gasteiger partial charge is 0.493 e. The summed E-state index contributed by atoms with van der Waals surface area (Å²) in [6.45, 7) is 2.22. The molecule has 4 heterocycles. The van der Waals surface area contributed by atoms with Crippen LogP contribution < -0.4 is 29.0 Å². The van der Waals surface area contributed by atoms with E-state index in [1.54, 1.807) is 7.05 Å². The lowest BCUT2D eigenvalue weighted by Gasteiger charge is -2.60. The van der Waals surface area contributed by atoms with Crippen LogP contribution in [0.5, 0.6) is 28.7 Å². The van der Waals surface area contributed by atoms with E-state index in [9.17, 15) is 45.6 Å². The summed E-state index contributed by atoms with van der Waals surface area (Å²) >= 11 is 0. The number of methoxy groups -OCH3 is 2. The summed E-state index contributed by atoms with van der Waals surface area (Å²) in [5.74, 6) is -16.9. The molecule has 1 amide bonds. The van der Waals surface area contributed by atoms with E-state index in [0.717, 1.165) is 16.7 Å². The van der Waals surface area contributed by atoms with E-state index >= 15 is 0 Å². The molecule has 1 unspecified atom stereocenters. The van der Waals surface area contributed by atoms with E-state index in [0.29, 0.717) is 29.9 Å². The van der Waals surface area contributed by atoms with Crippen LogP contribution in [0.25, 0.3) is 0 Å². The molecule has 12 nitrogen and oxygen atoms in total. The Bertz CT molecular complexity index is 2220. The number of halogens is 7. The number of rotatable bonds is 12. The van der Waals surface area contributed by atoms with E-state index < -0.39 is 72.6 Å². The summed E-state index contributed by atoms with van der Waals surface area (Å²) in [6, 6.07) is 9.49. The first-order chi connectivity index (χ1) is 28.4.